The highest BCUT2D eigenvalue weighted by molar-refractivity contribution is 7.86. The Morgan fingerprint density at radius 2 is 1.81 bits per heavy atom. The molecule has 1 amide bonds. The van der Waals surface area contributed by atoms with Crippen molar-refractivity contribution in [1.29, 1.82) is 0 Å². The molecule has 7 nitrogen and oxygen atoms in total. The number of amides is 1. The topological polar surface area (TPSA) is 65.9 Å². The molecule has 1 saturated heterocycles. The summed E-state index contributed by atoms with van der Waals surface area (Å²) in [5, 5.41) is 2.02. The van der Waals surface area contributed by atoms with Crippen LogP contribution in [0, 0.1) is 0 Å². The Morgan fingerprint density at radius 3 is 2.41 bits per heavy atom. The van der Waals surface area contributed by atoms with Crippen LogP contribution >= 0.6 is 11.3 Å². The second-order valence-electron chi connectivity index (χ2n) is 6.38. The molecule has 1 fully saturated rings. The van der Waals surface area contributed by atoms with Crippen LogP contribution in [0.5, 0.6) is 0 Å². The molecule has 27 heavy (non-hydrogen) atoms. The zero-order valence-electron chi connectivity index (χ0n) is 15.7. The molecular weight excluding hydrogens is 384 g/mol. The van der Waals surface area contributed by atoms with Crippen LogP contribution in [0.25, 0.3) is 0 Å². The second kappa shape index (κ2) is 8.55. The van der Waals surface area contributed by atoms with E-state index in [1.165, 1.54) is 13.5 Å². The third-order valence-electron chi connectivity index (χ3n) is 4.84. The fourth-order valence-corrected chi connectivity index (χ4v) is 5.62. The van der Waals surface area contributed by atoms with E-state index in [0.29, 0.717) is 51.5 Å². The van der Waals surface area contributed by atoms with Crippen LogP contribution in [0.15, 0.2) is 35.8 Å². The van der Waals surface area contributed by atoms with Crippen LogP contribution in [0.4, 0.5) is 0 Å². The number of carbonyl (C=O) groups excluding carboxylic acids is 1. The molecule has 9 heteroatoms. The van der Waals surface area contributed by atoms with Gasteiger partial charge in [0.25, 0.3) is 16.1 Å². The first-order chi connectivity index (χ1) is 13.0. The van der Waals surface area contributed by atoms with Crippen LogP contribution in [0.3, 0.4) is 0 Å². The maximum atomic E-state index is 12.9. The number of thiophene rings is 1. The number of nitrogens with zero attached hydrogens (tertiary/aromatic N) is 4. The SMILES string of the molecule is CCN(CC)S(=O)(=O)N1CCN(C(=O)c2cccn2Cc2cccs2)CC1. The van der Waals surface area contributed by atoms with E-state index < -0.39 is 10.2 Å². The number of aromatic nitrogens is 1. The molecule has 0 spiro atoms. The lowest BCUT2D eigenvalue weighted by atomic mass is 10.3. The summed E-state index contributed by atoms with van der Waals surface area (Å²) in [4.78, 5) is 15.9. The van der Waals surface area contributed by atoms with E-state index in [2.05, 4.69) is 6.07 Å². The predicted octanol–water partition coefficient (Wildman–Crippen LogP) is 1.94. The summed E-state index contributed by atoms with van der Waals surface area (Å²) in [7, 11) is -3.44. The van der Waals surface area contributed by atoms with Crippen LogP contribution < -0.4 is 0 Å². The van der Waals surface area contributed by atoms with Gasteiger partial charge in [-0.1, -0.05) is 19.9 Å². The van der Waals surface area contributed by atoms with Gasteiger partial charge in [0.1, 0.15) is 5.69 Å². The van der Waals surface area contributed by atoms with Gasteiger partial charge in [-0.3, -0.25) is 4.79 Å². The predicted molar refractivity (Wildman–Crippen MR) is 107 cm³/mol. The standard InChI is InChI=1S/C18H26N4O3S2/c1-3-21(4-2)27(24,25)22-12-10-19(11-13-22)18(23)17-8-5-9-20(17)15-16-7-6-14-26-16/h5-9,14H,3-4,10-13,15H2,1-2H3. The number of hydrogen-bond acceptors (Lipinski definition) is 4. The van der Waals surface area contributed by atoms with E-state index in [4.69, 9.17) is 0 Å². The largest absolute Gasteiger partial charge is 0.338 e. The molecule has 0 atom stereocenters. The molecule has 2 aromatic rings. The van der Waals surface area contributed by atoms with Crippen molar-refractivity contribution in [2.75, 3.05) is 39.3 Å². The monoisotopic (exact) mass is 410 g/mol. The molecule has 1 aliphatic heterocycles. The highest BCUT2D eigenvalue weighted by Gasteiger charge is 2.32. The summed E-state index contributed by atoms with van der Waals surface area (Å²) < 4.78 is 30.1. The Bertz CT molecular complexity index is 849. The molecular formula is C18H26N4O3S2. The summed E-state index contributed by atoms with van der Waals surface area (Å²) in [6.07, 6.45) is 1.91. The number of rotatable bonds is 7. The molecule has 0 aromatic carbocycles. The summed E-state index contributed by atoms with van der Waals surface area (Å²) in [5.41, 5.74) is 0.642. The lowest BCUT2D eigenvalue weighted by Gasteiger charge is -2.36. The lowest BCUT2D eigenvalue weighted by Crippen LogP contribution is -2.54. The highest BCUT2D eigenvalue weighted by atomic mass is 32.2. The van der Waals surface area contributed by atoms with Crippen molar-refractivity contribution in [2.24, 2.45) is 0 Å². The Hall–Kier alpha value is -1.68. The summed E-state index contributed by atoms with van der Waals surface area (Å²) >= 11 is 1.66. The van der Waals surface area contributed by atoms with Gasteiger partial charge in [-0.15, -0.1) is 11.3 Å². The third kappa shape index (κ3) is 4.26. The fourth-order valence-electron chi connectivity index (χ4n) is 3.31. The number of piperazine rings is 1. The molecule has 0 radical (unpaired) electrons. The van der Waals surface area contributed by atoms with Crippen LogP contribution in [0.2, 0.25) is 0 Å². The smallest absolute Gasteiger partial charge is 0.282 e. The summed E-state index contributed by atoms with van der Waals surface area (Å²) in [5.74, 6) is -0.0450. The van der Waals surface area contributed by atoms with Gasteiger partial charge in [0.2, 0.25) is 0 Å². The van der Waals surface area contributed by atoms with Gasteiger partial charge in [0, 0.05) is 50.3 Å². The van der Waals surface area contributed by atoms with Gasteiger partial charge in [0.15, 0.2) is 0 Å². The van der Waals surface area contributed by atoms with Crippen molar-refractivity contribution < 1.29 is 13.2 Å². The van der Waals surface area contributed by atoms with Crippen molar-refractivity contribution in [3.05, 3.63) is 46.4 Å². The zero-order chi connectivity index (χ0) is 19.4. The first-order valence-electron chi connectivity index (χ1n) is 9.19. The van der Waals surface area contributed by atoms with E-state index >= 15 is 0 Å². The van der Waals surface area contributed by atoms with Gasteiger partial charge < -0.3 is 9.47 Å². The van der Waals surface area contributed by atoms with Crippen LogP contribution in [-0.4, -0.2) is 71.7 Å². The van der Waals surface area contributed by atoms with Crippen molar-refractivity contribution in [1.82, 2.24) is 18.1 Å². The molecule has 3 heterocycles. The molecule has 0 bridgehead atoms. The van der Waals surface area contributed by atoms with Gasteiger partial charge in [-0.25, -0.2) is 0 Å². The van der Waals surface area contributed by atoms with E-state index in [0.717, 1.165) is 0 Å². The number of carbonyl (C=O) groups is 1. The fraction of sp³-hybridized carbons (Fsp3) is 0.500. The molecule has 2 aromatic heterocycles. The average molecular weight is 411 g/mol. The van der Waals surface area contributed by atoms with Crippen molar-refractivity contribution in [2.45, 2.75) is 20.4 Å². The Labute approximate surface area is 165 Å². The molecule has 0 aliphatic carbocycles. The van der Waals surface area contributed by atoms with Crippen molar-refractivity contribution in [3.63, 3.8) is 0 Å². The van der Waals surface area contributed by atoms with E-state index in [-0.39, 0.29) is 5.91 Å². The summed E-state index contributed by atoms with van der Waals surface area (Å²) in [6, 6.07) is 7.76. The van der Waals surface area contributed by atoms with E-state index in [1.807, 2.05) is 48.2 Å². The molecule has 148 valence electrons. The minimum Gasteiger partial charge on any atom is -0.338 e. The Morgan fingerprint density at radius 1 is 1.11 bits per heavy atom. The van der Waals surface area contributed by atoms with Gasteiger partial charge in [-0.2, -0.15) is 17.0 Å². The lowest BCUT2D eigenvalue weighted by molar-refractivity contribution is 0.0684. The van der Waals surface area contributed by atoms with Crippen molar-refractivity contribution >= 4 is 27.5 Å². The van der Waals surface area contributed by atoms with Gasteiger partial charge >= 0.3 is 0 Å². The minimum atomic E-state index is -3.44. The second-order valence-corrected chi connectivity index (χ2v) is 9.34. The molecule has 1 aliphatic rings. The molecule has 3 rings (SSSR count). The molecule has 0 saturated carbocycles. The van der Waals surface area contributed by atoms with E-state index in [9.17, 15) is 13.2 Å². The summed E-state index contributed by atoms with van der Waals surface area (Å²) in [6.45, 7) is 6.72. The molecule has 0 N–H and O–H groups in total. The normalized spacial score (nSPS) is 16.2. The van der Waals surface area contributed by atoms with Gasteiger partial charge in [-0.05, 0) is 23.6 Å². The maximum Gasteiger partial charge on any atom is 0.282 e. The first kappa shape index (κ1) is 20.1. The average Bonchev–Trinajstić information content (AvgIpc) is 3.34. The van der Waals surface area contributed by atoms with E-state index in [1.54, 1.807) is 16.2 Å². The van der Waals surface area contributed by atoms with Crippen LogP contribution in [0.1, 0.15) is 29.2 Å². The van der Waals surface area contributed by atoms with Gasteiger partial charge in [0.05, 0.1) is 6.54 Å². The first-order valence-corrected chi connectivity index (χ1v) is 11.5. The maximum absolute atomic E-state index is 12.9. The Balaban J connectivity index is 1.65. The minimum absolute atomic E-state index is 0.0450. The third-order valence-corrected chi connectivity index (χ3v) is 7.89. The quantitative estimate of drug-likeness (QED) is 0.701. The highest BCUT2D eigenvalue weighted by Crippen LogP contribution is 2.17. The Kier molecular flexibility index (Phi) is 6.36. The van der Waals surface area contributed by atoms with Crippen molar-refractivity contribution in [3.8, 4) is 0 Å². The van der Waals surface area contributed by atoms with Crippen LogP contribution in [-0.2, 0) is 16.8 Å². The zero-order valence-corrected chi connectivity index (χ0v) is 17.4. The molecule has 0 unspecified atom stereocenters. The number of hydrogen-bond donors (Lipinski definition) is 0.